The number of benzene rings is 1. The molecule has 0 unspecified atom stereocenters. The lowest BCUT2D eigenvalue weighted by Crippen LogP contribution is -2.13. The molecule has 0 heterocycles. The average molecular weight is 193 g/mol. The number of oxime groups is 1. The van der Waals surface area contributed by atoms with E-state index in [-0.39, 0.29) is 6.61 Å². The molecule has 0 spiro atoms. The zero-order chi connectivity index (χ0) is 10.4. The number of hydrogen-bond acceptors (Lipinski definition) is 4. The quantitative estimate of drug-likeness (QED) is 0.342. The van der Waals surface area contributed by atoms with Crippen LogP contribution in [-0.4, -0.2) is 23.5 Å². The predicted molar refractivity (Wildman–Crippen MR) is 51.4 cm³/mol. The van der Waals surface area contributed by atoms with Crippen molar-refractivity contribution in [1.29, 1.82) is 0 Å². The minimum Gasteiger partial charge on any atom is -0.459 e. The van der Waals surface area contributed by atoms with Crippen LogP contribution in [0.5, 0.6) is 0 Å². The maximum Gasteiger partial charge on any atom is 0.303 e. The molecule has 0 saturated carbocycles. The Morgan fingerprint density at radius 1 is 1.43 bits per heavy atom. The molecule has 1 N–H and O–H groups in total. The summed E-state index contributed by atoms with van der Waals surface area (Å²) in [6.45, 7) is 1.29. The van der Waals surface area contributed by atoms with Gasteiger partial charge < -0.3 is 9.94 Å². The van der Waals surface area contributed by atoms with Crippen molar-refractivity contribution in [3.05, 3.63) is 35.9 Å². The van der Waals surface area contributed by atoms with Gasteiger partial charge in [0.1, 0.15) is 12.3 Å². The van der Waals surface area contributed by atoms with E-state index in [0.29, 0.717) is 5.71 Å². The summed E-state index contributed by atoms with van der Waals surface area (Å²) in [5, 5.41) is 11.8. The summed E-state index contributed by atoms with van der Waals surface area (Å²) in [4.78, 5) is 10.5. The summed E-state index contributed by atoms with van der Waals surface area (Å²) in [6.07, 6.45) is 0. The van der Waals surface area contributed by atoms with Gasteiger partial charge in [0.05, 0.1) is 0 Å². The zero-order valence-corrected chi connectivity index (χ0v) is 7.80. The molecule has 0 bridgehead atoms. The maximum atomic E-state index is 10.5. The summed E-state index contributed by atoms with van der Waals surface area (Å²) < 4.78 is 4.72. The van der Waals surface area contributed by atoms with E-state index in [2.05, 4.69) is 5.16 Å². The number of hydrogen-bond donors (Lipinski definition) is 1. The summed E-state index contributed by atoms with van der Waals surface area (Å²) in [6, 6.07) is 9.03. The number of nitrogens with zero attached hydrogens (tertiary/aromatic N) is 1. The Balaban J connectivity index is 2.69. The van der Waals surface area contributed by atoms with E-state index in [9.17, 15) is 4.79 Å². The van der Waals surface area contributed by atoms with Crippen LogP contribution in [0, 0.1) is 0 Å². The van der Waals surface area contributed by atoms with Crippen LogP contribution in [0.2, 0.25) is 0 Å². The summed E-state index contributed by atoms with van der Waals surface area (Å²) >= 11 is 0. The third-order valence-corrected chi connectivity index (χ3v) is 1.64. The van der Waals surface area contributed by atoms with Crippen LogP contribution in [0.4, 0.5) is 0 Å². The fourth-order valence-electron chi connectivity index (χ4n) is 0.970. The lowest BCUT2D eigenvalue weighted by atomic mass is 10.1. The van der Waals surface area contributed by atoms with Gasteiger partial charge >= 0.3 is 5.97 Å². The monoisotopic (exact) mass is 193 g/mol. The van der Waals surface area contributed by atoms with Gasteiger partial charge in [0.25, 0.3) is 0 Å². The van der Waals surface area contributed by atoms with Gasteiger partial charge in [-0.3, -0.25) is 4.79 Å². The molecule has 74 valence electrons. The Hall–Kier alpha value is -1.84. The van der Waals surface area contributed by atoms with Gasteiger partial charge in [-0.2, -0.15) is 0 Å². The predicted octanol–water partition coefficient (Wildman–Crippen LogP) is 1.43. The molecule has 0 aromatic heterocycles. The van der Waals surface area contributed by atoms with Crippen LogP contribution in [0.1, 0.15) is 12.5 Å². The number of carbonyl (C=O) groups is 1. The Morgan fingerprint density at radius 2 is 2.07 bits per heavy atom. The lowest BCUT2D eigenvalue weighted by molar-refractivity contribution is -0.139. The second kappa shape index (κ2) is 5.01. The van der Waals surface area contributed by atoms with Gasteiger partial charge in [0, 0.05) is 12.5 Å². The van der Waals surface area contributed by atoms with E-state index in [1.165, 1.54) is 6.92 Å². The summed E-state index contributed by atoms with van der Waals surface area (Å²) in [7, 11) is 0. The van der Waals surface area contributed by atoms with Crippen molar-refractivity contribution in [1.82, 2.24) is 0 Å². The minimum absolute atomic E-state index is 0.0180. The van der Waals surface area contributed by atoms with Crippen LogP contribution in [0.25, 0.3) is 0 Å². The van der Waals surface area contributed by atoms with Crippen molar-refractivity contribution in [3.63, 3.8) is 0 Å². The van der Waals surface area contributed by atoms with E-state index < -0.39 is 5.97 Å². The largest absolute Gasteiger partial charge is 0.459 e. The minimum atomic E-state index is -0.401. The maximum absolute atomic E-state index is 10.5. The van der Waals surface area contributed by atoms with Gasteiger partial charge in [0.2, 0.25) is 0 Å². The highest BCUT2D eigenvalue weighted by Gasteiger charge is 2.05. The third kappa shape index (κ3) is 2.90. The van der Waals surface area contributed by atoms with Crippen molar-refractivity contribution in [2.45, 2.75) is 6.92 Å². The first-order valence-electron chi connectivity index (χ1n) is 4.13. The molecule has 14 heavy (non-hydrogen) atoms. The van der Waals surface area contributed by atoms with Crippen molar-refractivity contribution in [2.24, 2.45) is 5.16 Å². The molecular weight excluding hydrogens is 182 g/mol. The van der Waals surface area contributed by atoms with Crippen molar-refractivity contribution in [2.75, 3.05) is 6.61 Å². The molecule has 1 aromatic carbocycles. The molecule has 0 saturated heterocycles. The lowest BCUT2D eigenvalue weighted by Gasteiger charge is -2.03. The molecule has 0 atom stereocenters. The van der Waals surface area contributed by atoms with Crippen LogP contribution >= 0.6 is 0 Å². The highest BCUT2D eigenvalue weighted by molar-refractivity contribution is 6.01. The number of esters is 1. The molecule has 1 rings (SSSR count). The van der Waals surface area contributed by atoms with Gasteiger partial charge in [-0.1, -0.05) is 35.5 Å². The van der Waals surface area contributed by atoms with E-state index in [0.717, 1.165) is 5.56 Å². The normalized spacial score (nSPS) is 11.1. The first kappa shape index (κ1) is 10.2. The SMILES string of the molecule is CC(=O)OC/C(=N\O)c1ccccc1. The molecule has 0 aliphatic heterocycles. The van der Waals surface area contributed by atoms with E-state index >= 15 is 0 Å². The first-order chi connectivity index (χ1) is 6.74. The second-order valence-corrected chi connectivity index (χ2v) is 2.69. The molecule has 0 aliphatic rings. The van der Waals surface area contributed by atoms with Crippen LogP contribution in [-0.2, 0) is 9.53 Å². The number of rotatable bonds is 3. The Morgan fingerprint density at radius 3 is 2.57 bits per heavy atom. The molecule has 4 nitrogen and oxygen atoms in total. The van der Waals surface area contributed by atoms with Gasteiger partial charge in [-0.15, -0.1) is 0 Å². The average Bonchev–Trinajstić information content (AvgIpc) is 2.20. The van der Waals surface area contributed by atoms with Crippen LogP contribution < -0.4 is 0 Å². The highest BCUT2D eigenvalue weighted by Crippen LogP contribution is 2.01. The highest BCUT2D eigenvalue weighted by atomic mass is 16.5. The summed E-state index contributed by atoms with van der Waals surface area (Å²) in [5.41, 5.74) is 1.07. The standard InChI is InChI=1S/C10H11NO3/c1-8(12)14-7-10(11-13)9-5-3-2-4-6-9/h2-6,13H,7H2,1H3/b11-10+. The van der Waals surface area contributed by atoms with E-state index in [1.807, 2.05) is 18.2 Å². The molecule has 1 aromatic rings. The summed E-state index contributed by atoms with van der Waals surface area (Å²) in [5.74, 6) is -0.401. The van der Waals surface area contributed by atoms with Gasteiger partial charge in [-0.05, 0) is 0 Å². The fourth-order valence-corrected chi connectivity index (χ4v) is 0.970. The molecule has 0 amide bonds. The van der Waals surface area contributed by atoms with Gasteiger partial charge in [-0.25, -0.2) is 0 Å². The molecule has 0 aliphatic carbocycles. The number of ether oxygens (including phenoxy) is 1. The van der Waals surface area contributed by atoms with Crippen molar-refractivity contribution >= 4 is 11.7 Å². The fraction of sp³-hybridized carbons (Fsp3) is 0.200. The van der Waals surface area contributed by atoms with Crippen LogP contribution in [0.3, 0.4) is 0 Å². The molecule has 4 heteroatoms. The first-order valence-corrected chi connectivity index (χ1v) is 4.13. The molecular formula is C10H11NO3. The van der Waals surface area contributed by atoms with E-state index in [4.69, 9.17) is 9.94 Å². The van der Waals surface area contributed by atoms with E-state index in [1.54, 1.807) is 12.1 Å². The zero-order valence-electron chi connectivity index (χ0n) is 7.80. The third-order valence-electron chi connectivity index (χ3n) is 1.64. The van der Waals surface area contributed by atoms with Gasteiger partial charge in [0.15, 0.2) is 0 Å². The van der Waals surface area contributed by atoms with Crippen molar-refractivity contribution < 1.29 is 14.7 Å². The Bertz CT molecular complexity index is 332. The number of carbonyl (C=O) groups excluding carboxylic acids is 1. The molecule has 0 fully saturated rings. The second-order valence-electron chi connectivity index (χ2n) is 2.69. The smallest absolute Gasteiger partial charge is 0.303 e. The van der Waals surface area contributed by atoms with Crippen molar-refractivity contribution in [3.8, 4) is 0 Å². The molecule has 0 radical (unpaired) electrons. The Kier molecular flexibility index (Phi) is 3.67. The van der Waals surface area contributed by atoms with Crippen LogP contribution in [0.15, 0.2) is 35.5 Å². The Labute approximate surface area is 81.8 Å². The topological polar surface area (TPSA) is 58.9 Å².